The summed E-state index contributed by atoms with van der Waals surface area (Å²) in [5.41, 5.74) is 3.34. The molecule has 6 nitrogen and oxygen atoms in total. The molecule has 4 rings (SSSR count). The number of sulfone groups is 1. The molecule has 2 aliphatic rings. The van der Waals surface area contributed by atoms with Gasteiger partial charge in [-0.05, 0) is 72.9 Å². The molecule has 1 N–H and O–H groups in total. The third kappa shape index (κ3) is 6.39. The Bertz CT molecular complexity index is 1240. The third-order valence-corrected chi connectivity index (χ3v) is 9.61. The number of nitrogens with zero attached hydrogens (tertiary/aromatic N) is 2. The molecule has 1 fully saturated rings. The normalized spacial score (nSPS) is 22.4. The lowest BCUT2D eigenvalue weighted by molar-refractivity contribution is -0.184. The molecule has 0 saturated heterocycles. The van der Waals surface area contributed by atoms with E-state index >= 15 is 0 Å². The van der Waals surface area contributed by atoms with Crippen molar-refractivity contribution >= 4 is 15.7 Å². The minimum absolute atomic E-state index is 0.00261. The van der Waals surface area contributed by atoms with Gasteiger partial charge >= 0.3 is 6.18 Å². The number of carbonyl (C=O) groups is 1. The maximum atomic E-state index is 13.1. The molecule has 0 spiro atoms. The van der Waals surface area contributed by atoms with Gasteiger partial charge in [-0.3, -0.25) is 14.7 Å². The number of nitrogens with one attached hydrogen (secondary N) is 1. The second kappa shape index (κ2) is 11.3. The first-order valence-corrected chi connectivity index (χ1v) is 14.9. The van der Waals surface area contributed by atoms with Crippen molar-refractivity contribution < 1.29 is 26.4 Å². The number of fused-ring (bicyclic) bond motifs is 1. The van der Waals surface area contributed by atoms with Crippen LogP contribution in [0.4, 0.5) is 13.2 Å². The first-order chi connectivity index (χ1) is 17.9. The van der Waals surface area contributed by atoms with Crippen LogP contribution in [0.1, 0.15) is 79.7 Å². The number of hydrogen-bond donors (Lipinski definition) is 1. The summed E-state index contributed by atoms with van der Waals surface area (Å²) in [6, 6.07) is 8.98. The van der Waals surface area contributed by atoms with Crippen LogP contribution in [0.3, 0.4) is 0 Å². The summed E-state index contributed by atoms with van der Waals surface area (Å²) < 4.78 is 63.1. The van der Waals surface area contributed by atoms with Crippen LogP contribution in [-0.2, 0) is 22.9 Å². The van der Waals surface area contributed by atoms with Crippen LogP contribution < -0.4 is 5.32 Å². The first kappa shape index (κ1) is 28.5. The molecule has 1 saturated carbocycles. The Hall–Kier alpha value is -2.46. The summed E-state index contributed by atoms with van der Waals surface area (Å²) >= 11 is 0. The molecular formula is C28H36F3N3O3S. The minimum atomic E-state index is -4.10. The van der Waals surface area contributed by atoms with Crippen LogP contribution >= 0.6 is 0 Å². The van der Waals surface area contributed by atoms with E-state index in [2.05, 4.69) is 29.0 Å². The fourth-order valence-electron chi connectivity index (χ4n) is 5.79. The van der Waals surface area contributed by atoms with Crippen LogP contribution in [0.2, 0.25) is 0 Å². The Labute approximate surface area is 222 Å². The molecule has 2 aromatic rings. The van der Waals surface area contributed by atoms with Gasteiger partial charge < -0.3 is 5.32 Å². The van der Waals surface area contributed by atoms with Gasteiger partial charge in [-0.1, -0.05) is 26.8 Å². The van der Waals surface area contributed by atoms with Gasteiger partial charge in [-0.15, -0.1) is 0 Å². The van der Waals surface area contributed by atoms with Crippen LogP contribution in [0.25, 0.3) is 0 Å². The number of alkyl halides is 3. The van der Waals surface area contributed by atoms with E-state index in [-0.39, 0.29) is 47.9 Å². The zero-order chi connectivity index (χ0) is 27.7. The maximum Gasteiger partial charge on any atom is 0.391 e. The second-order valence-corrected chi connectivity index (χ2v) is 13.1. The van der Waals surface area contributed by atoms with Gasteiger partial charge in [-0.25, -0.2) is 8.42 Å². The fraction of sp³-hybridized carbons (Fsp3) is 0.571. The molecule has 1 aliphatic carbocycles. The number of pyridine rings is 1. The van der Waals surface area contributed by atoms with Gasteiger partial charge in [-0.2, -0.15) is 13.2 Å². The van der Waals surface area contributed by atoms with Crippen LogP contribution in [0, 0.1) is 17.8 Å². The Morgan fingerprint density at radius 3 is 2.42 bits per heavy atom. The molecule has 1 aliphatic heterocycles. The summed E-state index contributed by atoms with van der Waals surface area (Å²) in [6.45, 7) is 7.48. The van der Waals surface area contributed by atoms with E-state index in [9.17, 15) is 26.4 Å². The van der Waals surface area contributed by atoms with E-state index in [1.807, 2.05) is 18.2 Å². The van der Waals surface area contributed by atoms with Crippen LogP contribution in [-0.4, -0.2) is 42.7 Å². The number of amides is 1. The van der Waals surface area contributed by atoms with E-state index in [0.717, 1.165) is 12.1 Å². The number of aromatic nitrogens is 1. The standard InChI is InChI=1S/C28H36F3N3O3S/c1-4-38(36,37)24-11-10-23(32-15-24)14-33-27(35)20-7-12-25-21(13-20)17-34(26(25)18(2)3)16-19-5-8-22(9-6-19)28(29,30)31/h7,10-13,15,18-19,22,26H,4-6,8-9,14,16-17H2,1-3H3,(H,33,35)/t19-,22-,26-/m0/s1. The van der Waals surface area contributed by atoms with Crippen molar-refractivity contribution in [2.45, 2.75) is 76.7 Å². The van der Waals surface area contributed by atoms with Gasteiger partial charge in [0.05, 0.1) is 28.8 Å². The van der Waals surface area contributed by atoms with Gasteiger partial charge in [0.15, 0.2) is 9.84 Å². The summed E-state index contributed by atoms with van der Waals surface area (Å²) in [5.74, 6) is -0.845. The molecule has 38 heavy (non-hydrogen) atoms. The molecule has 2 heterocycles. The highest BCUT2D eigenvalue weighted by Crippen LogP contribution is 2.43. The minimum Gasteiger partial charge on any atom is -0.346 e. The lowest BCUT2D eigenvalue weighted by atomic mass is 9.81. The molecule has 0 radical (unpaired) electrons. The molecule has 0 unspecified atom stereocenters. The highest BCUT2D eigenvalue weighted by molar-refractivity contribution is 7.91. The summed E-state index contributed by atoms with van der Waals surface area (Å²) in [7, 11) is -3.33. The molecule has 1 aromatic heterocycles. The van der Waals surface area contributed by atoms with E-state index in [4.69, 9.17) is 0 Å². The van der Waals surface area contributed by atoms with Crippen molar-refractivity contribution in [3.05, 3.63) is 58.9 Å². The zero-order valence-corrected chi connectivity index (χ0v) is 22.9. The van der Waals surface area contributed by atoms with E-state index in [1.165, 1.54) is 17.8 Å². The quantitative estimate of drug-likeness (QED) is 0.456. The van der Waals surface area contributed by atoms with Gasteiger partial charge in [0, 0.05) is 30.9 Å². The van der Waals surface area contributed by atoms with Crippen LogP contribution in [0.15, 0.2) is 41.4 Å². The van der Waals surface area contributed by atoms with Crippen LogP contribution in [0.5, 0.6) is 0 Å². The lowest BCUT2D eigenvalue weighted by Gasteiger charge is -2.35. The second-order valence-electron chi connectivity index (χ2n) is 10.9. The third-order valence-electron chi connectivity index (χ3n) is 7.89. The molecule has 10 heteroatoms. The molecular weight excluding hydrogens is 515 g/mol. The zero-order valence-electron chi connectivity index (χ0n) is 22.1. The van der Waals surface area contributed by atoms with Crippen molar-refractivity contribution in [2.24, 2.45) is 17.8 Å². The van der Waals surface area contributed by atoms with E-state index in [1.54, 1.807) is 13.0 Å². The number of halogens is 3. The Morgan fingerprint density at radius 2 is 1.84 bits per heavy atom. The fourth-order valence-corrected chi connectivity index (χ4v) is 6.61. The van der Waals surface area contributed by atoms with Gasteiger partial charge in [0.2, 0.25) is 0 Å². The Morgan fingerprint density at radius 1 is 1.13 bits per heavy atom. The maximum absolute atomic E-state index is 13.1. The van der Waals surface area contributed by atoms with E-state index in [0.29, 0.717) is 36.6 Å². The number of benzene rings is 1. The Balaban J connectivity index is 1.38. The average molecular weight is 552 g/mol. The van der Waals surface area contributed by atoms with Crippen molar-refractivity contribution in [3.63, 3.8) is 0 Å². The highest BCUT2D eigenvalue weighted by atomic mass is 32.2. The smallest absolute Gasteiger partial charge is 0.346 e. The van der Waals surface area contributed by atoms with Crippen molar-refractivity contribution in [2.75, 3.05) is 12.3 Å². The molecule has 1 aromatic carbocycles. The topological polar surface area (TPSA) is 79.4 Å². The Kier molecular flexibility index (Phi) is 8.52. The predicted octanol–water partition coefficient (Wildman–Crippen LogP) is 5.69. The SMILES string of the molecule is CCS(=O)(=O)c1ccc(CNC(=O)c2ccc3c(c2)CN(C[C@H]2CC[C@H](C(F)(F)F)CC2)[C@H]3C(C)C)nc1. The predicted molar refractivity (Wildman–Crippen MR) is 139 cm³/mol. The highest BCUT2D eigenvalue weighted by Gasteiger charge is 2.42. The van der Waals surface area contributed by atoms with Gasteiger partial charge in [0.1, 0.15) is 0 Å². The molecule has 208 valence electrons. The van der Waals surface area contributed by atoms with Crippen molar-refractivity contribution in [1.29, 1.82) is 0 Å². The largest absolute Gasteiger partial charge is 0.391 e. The molecule has 0 bridgehead atoms. The first-order valence-electron chi connectivity index (χ1n) is 13.3. The summed E-state index contributed by atoms with van der Waals surface area (Å²) in [4.78, 5) is 19.6. The molecule has 1 amide bonds. The van der Waals surface area contributed by atoms with Gasteiger partial charge in [0.25, 0.3) is 5.91 Å². The molecule has 1 atom stereocenters. The van der Waals surface area contributed by atoms with E-state index < -0.39 is 21.9 Å². The number of hydrogen-bond acceptors (Lipinski definition) is 5. The lowest BCUT2D eigenvalue weighted by Crippen LogP contribution is -2.34. The average Bonchev–Trinajstić information content (AvgIpc) is 3.24. The summed E-state index contributed by atoms with van der Waals surface area (Å²) in [5, 5.41) is 2.85. The number of rotatable bonds is 8. The van der Waals surface area contributed by atoms with Crippen molar-refractivity contribution in [1.82, 2.24) is 15.2 Å². The van der Waals surface area contributed by atoms with Crippen molar-refractivity contribution in [3.8, 4) is 0 Å². The number of carbonyl (C=O) groups excluding carboxylic acids is 1. The monoisotopic (exact) mass is 551 g/mol. The summed E-state index contributed by atoms with van der Waals surface area (Å²) in [6.07, 6.45) is -1.19.